The van der Waals surface area contributed by atoms with E-state index in [1.165, 1.54) is 25.7 Å². The molecule has 1 rings (SSSR count). The van der Waals surface area contributed by atoms with Gasteiger partial charge >= 0.3 is 0 Å². The lowest BCUT2D eigenvalue weighted by molar-refractivity contribution is -0.134. The van der Waals surface area contributed by atoms with Crippen LogP contribution in [0.5, 0.6) is 0 Å². The van der Waals surface area contributed by atoms with Gasteiger partial charge in [-0.3, -0.25) is 4.79 Å². The normalized spacial score (nSPS) is 23.8. The van der Waals surface area contributed by atoms with Gasteiger partial charge in [-0.2, -0.15) is 0 Å². The Bertz CT molecular complexity index is 218. The van der Waals surface area contributed by atoms with Crippen LogP contribution in [0.15, 0.2) is 0 Å². The number of nitrogens with zero attached hydrogens (tertiary/aromatic N) is 1. The Labute approximate surface area is 105 Å². The van der Waals surface area contributed by atoms with Gasteiger partial charge in [-0.05, 0) is 19.3 Å². The van der Waals surface area contributed by atoms with Gasteiger partial charge < -0.3 is 10.0 Å². The lowest BCUT2D eigenvalue weighted by Gasteiger charge is -2.32. The van der Waals surface area contributed by atoms with Crippen LogP contribution in [0, 0.1) is 0 Å². The Kier molecular flexibility index (Phi) is 7.25. The fourth-order valence-electron chi connectivity index (χ4n) is 2.74. The van der Waals surface area contributed by atoms with Crippen LogP contribution < -0.4 is 0 Å². The van der Waals surface area contributed by atoms with Gasteiger partial charge in [0, 0.05) is 19.0 Å². The maximum absolute atomic E-state index is 12.1. The van der Waals surface area contributed by atoms with E-state index in [9.17, 15) is 4.79 Å². The van der Waals surface area contributed by atoms with Crippen LogP contribution in [0.4, 0.5) is 0 Å². The highest BCUT2D eigenvalue weighted by atomic mass is 16.3. The molecule has 0 bridgehead atoms. The first-order valence-corrected chi connectivity index (χ1v) is 7.20. The molecule has 3 nitrogen and oxygen atoms in total. The van der Waals surface area contributed by atoms with Crippen molar-refractivity contribution in [1.29, 1.82) is 0 Å². The molecule has 0 aromatic heterocycles. The van der Waals surface area contributed by atoms with Crippen molar-refractivity contribution >= 4 is 5.91 Å². The van der Waals surface area contributed by atoms with Crippen LogP contribution in [0.3, 0.4) is 0 Å². The second-order valence-corrected chi connectivity index (χ2v) is 5.06. The molecule has 100 valence electrons. The zero-order chi connectivity index (χ0) is 12.5. The lowest BCUT2D eigenvalue weighted by Crippen LogP contribution is -2.42. The number of aliphatic hydroxyl groups excluding tert-OH is 1. The smallest absolute Gasteiger partial charge is 0.222 e. The molecule has 0 aromatic carbocycles. The number of rotatable bonds is 4. The highest BCUT2D eigenvalue weighted by molar-refractivity contribution is 5.76. The number of hydrogen-bond acceptors (Lipinski definition) is 2. The summed E-state index contributed by atoms with van der Waals surface area (Å²) in [6, 6.07) is 0.359. The third-order valence-electron chi connectivity index (χ3n) is 3.65. The van der Waals surface area contributed by atoms with E-state index in [0.29, 0.717) is 19.0 Å². The van der Waals surface area contributed by atoms with Gasteiger partial charge in [0.15, 0.2) is 0 Å². The quantitative estimate of drug-likeness (QED) is 0.822. The molecule has 0 saturated carbocycles. The van der Waals surface area contributed by atoms with E-state index in [2.05, 4.69) is 6.92 Å². The maximum Gasteiger partial charge on any atom is 0.222 e. The van der Waals surface area contributed by atoms with Crippen LogP contribution >= 0.6 is 0 Å². The average molecular weight is 241 g/mol. The molecule has 1 atom stereocenters. The minimum Gasteiger partial charge on any atom is -0.395 e. The van der Waals surface area contributed by atoms with Gasteiger partial charge in [0.25, 0.3) is 0 Å². The van der Waals surface area contributed by atoms with E-state index < -0.39 is 0 Å². The third kappa shape index (κ3) is 5.07. The van der Waals surface area contributed by atoms with Crippen molar-refractivity contribution in [1.82, 2.24) is 4.90 Å². The Morgan fingerprint density at radius 1 is 1.24 bits per heavy atom. The minimum absolute atomic E-state index is 0.0892. The summed E-state index contributed by atoms with van der Waals surface area (Å²) >= 11 is 0. The number of aliphatic hydroxyl groups is 1. The molecule has 1 heterocycles. The van der Waals surface area contributed by atoms with Crippen molar-refractivity contribution in [2.45, 2.75) is 70.8 Å². The zero-order valence-corrected chi connectivity index (χ0v) is 11.2. The molecular weight excluding hydrogens is 214 g/mol. The first-order valence-electron chi connectivity index (χ1n) is 7.20. The number of carbonyl (C=O) groups is 1. The Morgan fingerprint density at radius 3 is 2.65 bits per heavy atom. The van der Waals surface area contributed by atoms with Crippen LogP contribution in [0.1, 0.15) is 64.7 Å². The Hall–Kier alpha value is -0.570. The molecular formula is C14H27NO2. The molecule has 1 fully saturated rings. The van der Waals surface area contributed by atoms with Crippen LogP contribution in [-0.4, -0.2) is 35.1 Å². The minimum atomic E-state index is 0.0892. The van der Waals surface area contributed by atoms with Gasteiger partial charge in [-0.25, -0.2) is 0 Å². The highest BCUT2D eigenvalue weighted by Gasteiger charge is 2.22. The lowest BCUT2D eigenvalue weighted by atomic mass is 9.98. The summed E-state index contributed by atoms with van der Waals surface area (Å²) in [5.74, 6) is 0.249. The molecule has 1 amide bonds. The van der Waals surface area contributed by atoms with Crippen molar-refractivity contribution in [3.8, 4) is 0 Å². The summed E-state index contributed by atoms with van der Waals surface area (Å²) in [6.07, 6.45) is 9.94. The topological polar surface area (TPSA) is 40.5 Å². The summed E-state index contributed by atoms with van der Waals surface area (Å²) in [5.41, 5.74) is 0. The molecule has 1 aliphatic rings. The molecule has 1 aliphatic heterocycles. The second-order valence-electron chi connectivity index (χ2n) is 5.06. The molecule has 1 N–H and O–H groups in total. The molecule has 0 aromatic rings. The molecule has 0 aliphatic carbocycles. The van der Waals surface area contributed by atoms with Gasteiger partial charge in [0.2, 0.25) is 5.91 Å². The number of carbonyl (C=O) groups excluding carboxylic acids is 1. The predicted octanol–water partition coefficient (Wildman–Crippen LogP) is 2.72. The van der Waals surface area contributed by atoms with E-state index in [-0.39, 0.29) is 12.5 Å². The van der Waals surface area contributed by atoms with Crippen LogP contribution in [-0.2, 0) is 4.79 Å². The molecule has 0 spiro atoms. The highest BCUT2D eigenvalue weighted by Crippen LogP contribution is 2.20. The molecule has 0 radical (unpaired) electrons. The van der Waals surface area contributed by atoms with Gasteiger partial charge in [0.05, 0.1) is 6.61 Å². The van der Waals surface area contributed by atoms with Crippen molar-refractivity contribution in [3.05, 3.63) is 0 Å². The van der Waals surface area contributed by atoms with Crippen molar-refractivity contribution in [2.24, 2.45) is 0 Å². The predicted molar refractivity (Wildman–Crippen MR) is 69.8 cm³/mol. The van der Waals surface area contributed by atoms with E-state index in [4.69, 9.17) is 5.11 Å². The van der Waals surface area contributed by atoms with Crippen molar-refractivity contribution in [3.63, 3.8) is 0 Å². The summed E-state index contributed by atoms with van der Waals surface area (Å²) in [4.78, 5) is 14.1. The largest absolute Gasteiger partial charge is 0.395 e. The molecule has 3 heteroatoms. The fourth-order valence-corrected chi connectivity index (χ4v) is 2.74. The Balaban J connectivity index is 2.64. The Morgan fingerprint density at radius 2 is 1.94 bits per heavy atom. The number of β-amino-alcohol motifs (C(OH)–C–C–N with tert-alkyl or cyclic N) is 1. The first kappa shape index (κ1) is 14.5. The molecule has 1 unspecified atom stereocenters. The van der Waals surface area contributed by atoms with E-state index >= 15 is 0 Å². The van der Waals surface area contributed by atoms with Crippen molar-refractivity contribution in [2.75, 3.05) is 13.2 Å². The number of amides is 1. The average Bonchev–Trinajstić information content (AvgIpc) is 2.33. The van der Waals surface area contributed by atoms with Gasteiger partial charge in [0.1, 0.15) is 0 Å². The molecule has 1 saturated heterocycles. The van der Waals surface area contributed by atoms with Gasteiger partial charge in [-0.15, -0.1) is 0 Å². The van der Waals surface area contributed by atoms with Gasteiger partial charge in [-0.1, -0.05) is 39.0 Å². The summed E-state index contributed by atoms with van der Waals surface area (Å²) in [5, 5.41) is 9.12. The van der Waals surface area contributed by atoms with E-state index in [1.54, 1.807) is 0 Å². The van der Waals surface area contributed by atoms with E-state index in [0.717, 1.165) is 25.7 Å². The first-order chi connectivity index (χ1) is 8.29. The van der Waals surface area contributed by atoms with Crippen LogP contribution in [0.2, 0.25) is 0 Å². The zero-order valence-electron chi connectivity index (χ0n) is 11.2. The summed E-state index contributed by atoms with van der Waals surface area (Å²) < 4.78 is 0. The standard InChI is InChI=1S/C14H27NO2/c1-2-8-13-9-6-4-3-5-7-10-14(17)15(13)11-12-16/h13,16H,2-12H2,1H3. The van der Waals surface area contributed by atoms with Crippen molar-refractivity contribution < 1.29 is 9.90 Å². The van der Waals surface area contributed by atoms with E-state index in [1.807, 2.05) is 4.90 Å². The monoisotopic (exact) mass is 241 g/mol. The fraction of sp³-hybridized carbons (Fsp3) is 0.929. The third-order valence-corrected chi connectivity index (χ3v) is 3.65. The summed E-state index contributed by atoms with van der Waals surface area (Å²) in [7, 11) is 0. The second kappa shape index (κ2) is 8.51. The van der Waals surface area contributed by atoms with Crippen LogP contribution in [0.25, 0.3) is 0 Å². The summed E-state index contributed by atoms with van der Waals surface area (Å²) in [6.45, 7) is 2.77. The maximum atomic E-state index is 12.1. The SMILES string of the molecule is CCCC1CCCCCCCC(=O)N1CCO. The molecule has 17 heavy (non-hydrogen) atoms. The number of hydrogen-bond donors (Lipinski definition) is 1.